The van der Waals surface area contributed by atoms with Crippen LogP contribution in [0.3, 0.4) is 0 Å². The van der Waals surface area contributed by atoms with Gasteiger partial charge in [0, 0.05) is 5.56 Å². The second kappa shape index (κ2) is 9.26. The maximum atomic E-state index is 12.2. The number of rotatable bonds is 5. The topological polar surface area (TPSA) is 164 Å². The Morgan fingerprint density at radius 1 is 1.06 bits per heavy atom. The average molecular weight is 465 g/mol. The van der Waals surface area contributed by atoms with Crippen molar-refractivity contribution in [3.05, 3.63) is 60.2 Å². The van der Waals surface area contributed by atoms with Crippen molar-refractivity contribution in [3.63, 3.8) is 0 Å². The van der Waals surface area contributed by atoms with E-state index in [4.69, 9.17) is 4.84 Å². The molecule has 12 nitrogen and oxygen atoms in total. The Kier molecular flexibility index (Phi) is 6.85. The van der Waals surface area contributed by atoms with Gasteiger partial charge in [-0.2, -0.15) is 0 Å². The number of tetrazole rings is 1. The summed E-state index contributed by atoms with van der Waals surface area (Å²) in [5.74, 6) is -3.29. The van der Waals surface area contributed by atoms with Crippen molar-refractivity contribution in [2.24, 2.45) is 0 Å². The van der Waals surface area contributed by atoms with Crippen molar-refractivity contribution < 1.29 is 61.7 Å². The number of nitrogens with zero attached hydrogens (tertiary/aromatic N) is 5. The summed E-state index contributed by atoms with van der Waals surface area (Å²) in [4.78, 5) is 42.0. The fraction of sp³-hybridized carbons (Fsp3) is 0.111. The van der Waals surface area contributed by atoms with E-state index in [0.29, 0.717) is 11.3 Å². The first kappa shape index (κ1) is 23.7. The minimum atomic E-state index is -5.05. The van der Waals surface area contributed by atoms with Gasteiger partial charge < -0.3 is 9.39 Å². The van der Waals surface area contributed by atoms with Crippen LogP contribution in [0.2, 0.25) is 0 Å². The molecule has 4 rings (SSSR count). The minimum Gasteiger partial charge on any atom is -0.747 e. The standard InChI is InChI=1S/C18H13N5O7S.Na/c24-15-10-14(31(27,28)29)17(25)22(15)30-18(26)12-8-6-11(7-9-12)16-19-21-23(20-16)13-4-2-1-3-5-13;/h1-9,14H,10H2,(H,27,28,29);/q;+1/p-1. The van der Waals surface area contributed by atoms with E-state index >= 15 is 0 Å². The van der Waals surface area contributed by atoms with Crippen LogP contribution in [-0.4, -0.2) is 61.3 Å². The first-order valence-corrected chi connectivity index (χ1v) is 10.2. The molecule has 1 saturated heterocycles. The van der Waals surface area contributed by atoms with E-state index in [2.05, 4.69) is 15.4 Å². The summed E-state index contributed by atoms with van der Waals surface area (Å²) < 4.78 is 33.1. The van der Waals surface area contributed by atoms with E-state index in [-0.39, 0.29) is 46.0 Å². The Balaban J connectivity index is 0.00000289. The molecule has 3 aromatic rings. The van der Waals surface area contributed by atoms with Crippen LogP contribution in [0.25, 0.3) is 17.1 Å². The summed E-state index contributed by atoms with van der Waals surface area (Å²) in [5.41, 5.74) is 1.21. The molecule has 1 aliphatic rings. The zero-order valence-electron chi connectivity index (χ0n) is 16.5. The third-order valence-electron chi connectivity index (χ3n) is 4.36. The van der Waals surface area contributed by atoms with Crippen molar-refractivity contribution in [1.82, 2.24) is 25.3 Å². The number of carbonyl (C=O) groups is 3. The molecule has 0 saturated carbocycles. The normalized spacial score (nSPS) is 16.0. The summed E-state index contributed by atoms with van der Waals surface area (Å²) in [6.07, 6.45) is -0.875. The van der Waals surface area contributed by atoms with E-state index < -0.39 is 39.6 Å². The van der Waals surface area contributed by atoms with E-state index in [1.54, 1.807) is 12.1 Å². The van der Waals surface area contributed by atoms with Crippen LogP contribution in [0.15, 0.2) is 54.6 Å². The molecule has 0 spiro atoms. The van der Waals surface area contributed by atoms with Crippen LogP contribution in [0.5, 0.6) is 0 Å². The smallest absolute Gasteiger partial charge is 0.747 e. The van der Waals surface area contributed by atoms with E-state index in [1.807, 2.05) is 18.2 Å². The molecule has 1 unspecified atom stereocenters. The molecule has 1 aliphatic heterocycles. The van der Waals surface area contributed by atoms with Crippen molar-refractivity contribution in [1.29, 1.82) is 0 Å². The molecular formula is C18H12N5NaO7S. The van der Waals surface area contributed by atoms with Crippen molar-refractivity contribution >= 4 is 27.9 Å². The Labute approximate surface area is 203 Å². The van der Waals surface area contributed by atoms with Crippen LogP contribution < -0.4 is 29.6 Å². The number of benzene rings is 2. The number of amides is 2. The summed E-state index contributed by atoms with van der Waals surface area (Å²) in [7, 11) is -5.05. The molecule has 0 N–H and O–H groups in total. The van der Waals surface area contributed by atoms with Crippen molar-refractivity contribution in [3.8, 4) is 17.1 Å². The van der Waals surface area contributed by atoms with Crippen LogP contribution in [0.4, 0.5) is 0 Å². The maximum absolute atomic E-state index is 12.2. The molecule has 158 valence electrons. The molecule has 1 aromatic heterocycles. The van der Waals surface area contributed by atoms with Gasteiger partial charge in [0.1, 0.15) is 15.4 Å². The fourth-order valence-electron chi connectivity index (χ4n) is 2.80. The summed E-state index contributed by atoms with van der Waals surface area (Å²) in [5, 5.41) is 10.1. The predicted molar refractivity (Wildman–Crippen MR) is 100.0 cm³/mol. The average Bonchev–Trinajstić information content (AvgIpc) is 3.35. The molecule has 14 heteroatoms. The zero-order chi connectivity index (χ0) is 22.2. The SMILES string of the molecule is O=C(ON1C(=O)CC(S(=O)(=O)[O-])C1=O)c1ccc(-c2nnn(-c3ccccc3)n2)cc1.[Na+]. The molecule has 2 amide bonds. The van der Waals surface area contributed by atoms with Crippen molar-refractivity contribution in [2.45, 2.75) is 11.7 Å². The number of hydrogen-bond donors (Lipinski definition) is 0. The van der Waals surface area contributed by atoms with Crippen molar-refractivity contribution in [2.75, 3.05) is 0 Å². The number of para-hydroxylation sites is 1. The summed E-state index contributed by atoms with van der Waals surface area (Å²) in [6.45, 7) is 0. The molecular weight excluding hydrogens is 453 g/mol. The van der Waals surface area contributed by atoms with Gasteiger partial charge in [-0.15, -0.1) is 20.1 Å². The first-order chi connectivity index (χ1) is 14.7. The maximum Gasteiger partial charge on any atom is 1.00 e. The fourth-order valence-corrected chi connectivity index (χ4v) is 3.48. The quantitative estimate of drug-likeness (QED) is 0.216. The molecule has 32 heavy (non-hydrogen) atoms. The van der Waals surface area contributed by atoms with Crippen LogP contribution >= 0.6 is 0 Å². The van der Waals surface area contributed by atoms with Gasteiger partial charge in [0.05, 0.1) is 17.7 Å². The van der Waals surface area contributed by atoms with Gasteiger partial charge in [0.2, 0.25) is 5.82 Å². The van der Waals surface area contributed by atoms with Crippen LogP contribution in [0, 0.1) is 0 Å². The van der Waals surface area contributed by atoms with Gasteiger partial charge in [-0.05, 0) is 29.5 Å². The van der Waals surface area contributed by atoms with Gasteiger partial charge in [0.25, 0.3) is 11.8 Å². The van der Waals surface area contributed by atoms with Gasteiger partial charge in [-0.1, -0.05) is 30.3 Å². The Bertz CT molecular complexity index is 1280. The Hall–Kier alpha value is -2.97. The third-order valence-corrected chi connectivity index (χ3v) is 5.43. The first-order valence-electron chi connectivity index (χ1n) is 8.74. The molecule has 1 atom stereocenters. The Morgan fingerprint density at radius 3 is 2.31 bits per heavy atom. The molecule has 0 aliphatic carbocycles. The van der Waals surface area contributed by atoms with Gasteiger partial charge >= 0.3 is 35.5 Å². The van der Waals surface area contributed by atoms with E-state index in [9.17, 15) is 27.4 Å². The molecule has 2 aromatic carbocycles. The minimum absolute atomic E-state index is 0. The monoisotopic (exact) mass is 465 g/mol. The molecule has 0 bridgehead atoms. The van der Waals surface area contributed by atoms with Gasteiger partial charge in [-0.3, -0.25) is 9.59 Å². The number of hydrogen-bond acceptors (Lipinski definition) is 10. The third kappa shape index (κ3) is 4.76. The summed E-state index contributed by atoms with van der Waals surface area (Å²) >= 11 is 0. The number of hydroxylamine groups is 2. The molecule has 1 fully saturated rings. The second-order valence-corrected chi connectivity index (χ2v) is 7.96. The predicted octanol–water partition coefficient (Wildman–Crippen LogP) is -2.92. The molecule has 0 radical (unpaired) electrons. The largest absolute Gasteiger partial charge is 1.00 e. The second-order valence-electron chi connectivity index (χ2n) is 6.41. The molecule has 2 heterocycles. The Morgan fingerprint density at radius 2 is 1.72 bits per heavy atom. The number of carbonyl (C=O) groups excluding carboxylic acids is 3. The van der Waals surface area contributed by atoms with Gasteiger partial charge in [0.15, 0.2) is 0 Å². The van der Waals surface area contributed by atoms with E-state index in [1.165, 1.54) is 29.1 Å². The number of aromatic nitrogens is 4. The van der Waals surface area contributed by atoms with Gasteiger partial charge in [-0.25, -0.2) is 13.2 Å². The van der Waals surface area contributed by atoms with E-state index in [0.717, 1.165) is 0 Å². The zero-order valence-corrected chi connectivity index (χ0v) is 19.3. The number of imide groups is 1. The van der Waals surface area contributed by atoms with Crippen LogP contribution in [-0.2, 0) is 24.5 Å². The summed E-state index contributed by atoms with van der Waals surface area (Å²) in [6, 6.07) is 14.8. The van der Waals surface area contributed by atoms with Crippen LogP contribution in [0.1, 0.15) is 16.8 Å².